The highest BCUT2D eigenvalue weighted by Crippen LogP contribution is 2.28. The van der Waals surface area contributed by atoms with Crippen molar-refractivity contribution in [3.63, 3.8) is 0 Å². The molecule has 3 aromatic rings. The zero-order valence-electron chi connectivity index (χ0n) is 15.7. The summed E-state index contributed by atoms with van der Waals surface area (Å²) in [7, 11) is 0. The van der Waals surface area contributed by atoms with E-state index in [0.717, 1.165) is 11.1 Å². The Morgan fingerprint density at radius 3 is 2.75 bits per heavy atom. The molecule has 0 aliphatic heterocycles. The van der Waals surface area contributed by atoms with Crippen LogP contribution in [0.1, 0.15) is 25.0 Å². The molecule has 0 radical (unpaired) electrons. The lowest BCUT2D eigenvalue weighted by Gasteiger charge is -2.28. The van der Waals surface area contributed by atoms with Gasteiger partial charge < -0.3 is 5.32 Å². The third-order valence-electron chi connectivity index (χ3n) is 4.39. The van der Waals surface area contributed by atoms with Crippen LogP contribution in [-0.2, 0) is 16.9 Å². The molecule has 0 fully saturated rings. The molecule has 1 heterocycles. The number of hydrogen-bond acceptors (Lipinski definition) is 3. The van der Waals surface area contributed by atoms with Gasteiger partial charge in [0.05, 0.1) is 5.54 Å². The first kappa shape index (κ1) is 20.2. The number of aromatic nitrogens is 3. The Bertz CT molecular complexity index is 1090. The molecule has 28 heavy (non-hydrogen) atoms. The van der Waals surface area contributed by atoms with Crippen molar-refractivity contribution in [2.24, 2.45) is 0 Å². The predicted molar refractivity (Wildman–Crippen MR) is 110 cm³/mol. The number of H-pyrrole nitrogens is 1. The number of nitrogens with one attached hydrogen (secondary N) is 2. The SMILES string of the molecule is Cc1cccc(-c2n[nH]c(=S)n2CC(=O)NC(C)(C)c2ccc(F)cc2Cl)c1. The van der Waals surface area contributed by atoms with Gasteiger partial charge in [-0.15, -0.1) is 0 Å². The summed E-state index contributed by atoms with van der Waals surface area (Å²) >= 11 is 11.5. The molecule has 0 saturated carbocycles. The Labute approximate surface area is 172 Å². The molecule has 0 bridgehead atoms. The number of rotatable bonds is 5. The fourth-order valence-corrected chi connectivity index (χ4v) is 3.66. The van der Waals surface area contributed by atoms with Gasteiger partial charge in [-0.2, -0.15) is 5.10 Å². The van der Waals surface area contributed by atoms with E-state index in [2.05, 4.69) is 15.5 Å². The number of aromatic amines is 1. The molecule has 0 atom stereocenters. The number of amides is 1. The van der Waals surface area contributed by atoms with Gasteiger partial charge in [0.2, 0.25) is 5.91 Å². The number of carbonyl (C=O) groups excluding carboxylic acids is 1. The van der Waals surface area contributed by atoms with Gasteiger partial charge in [-0.1, -0.05) is 41.4 Å². The van der Waals surface area contributed by atoms with E-state index in [4.69, 9.17) is 23.8 Å². The minimum absolute atomic E-state index is 0.0130. The zero-order valence-corrected chi connectivity index (χ0v) is 17.3. The zero-order chi connectivity index (χ0) is 20.5. The van der Waals surface area contributed by atoms with Gasteiger partial charge in [0, 0.05) is 10.6 Å². The first-order valence-electron chi connectivity index (χ1n) is 8.66. The van der Waals surface area contributed by atoms with E-state index in [1.807, 2.05) is 31.2 Å². The van der Waals surface area contributed by atoms with Crippen LogP contribution in [0.3, 0.4) is 0 Å². The summed E-state index contributed by atoms with van der Waals surface area (Å²) in [5.41, 5.74) is 1.77. The average Bonchev–Trinajstić information content (AvgIpc) is 2.94. The number of aryl methyl sites for hydroxylation is 1. The highest BCUT2D eigenvalue weighted by atomic mass is 35.5. The molecule has 0 spiro atoms. The van der Waals surface area contributed by atoms with Crippen molar-refractivity contribution in [3.05, 3.63) is 69.2 Å². The Morgan fingerprint density at radius 1 is 1.32 bits per heavy atom. The van der Waals surface area contributed by atoms with Gasteiger partial charge >= 0.3 is 0 Å². The van der Waals surface area contributed by atoms with Crippen LogP contribution in [0.15, 0.2) is 42.5 Å². The minimum Gasteiger partial charge on any atom is -0.346 e. The van der Waals surface area contributed by atoms with Gasteiger partial charge in [-0.05, 0) is 56.8 Å². The smallest absolute Gasteiger partial charge is 0.240 e. The second-order valence-corrected chi connectivity index (χ2v) is 7.90. The summed E-state index contributed by atoms with van der Waals surface area (Å²) in [6.45, 7) is 5.58. The van der Waals surface area contributed by atoms with Crippen LogP contribution in [0.5, 0.6) is 0 Å². The third kappa shape index (κ3) is 4.31. The fraction of sp³-hybridized carbons (Fsp3) is 0.250. The quantitative estimate of drug-likeness (QED) is 0.587. The van der Waals surface area contributed by atoms with Crippen molar-refractivity contribution in [2.45, 2.75) is 32.9 Å². The number of hydrogen-bond donors (Lipinski definition) is 2. The van der Waals surface area contributed by atoms with Gasteiger partial charge in [-0.3, -0.25) is 14.5 Å². The second-order valence-electron chi connectivity index (χ2n) is 7.11. The number of nitrogens with zero attached hydrogens (tertiary/aromatic N) is 2. The molecule has 0 unspecified atom stereocenters. The van der Waals surface area contributed by atoms with E-state index in [0.29, 0.717) is 16.2 Å². The maximum atomic E-state index is 13.3. The van der Waals surface area contributed by atoms with E-state index in [1.54, 1.807) is 24.5 Å². The maximum absolute atomic E-state index is 13.3. The molecule has 8 heteroatoms. The fourth-order valence-electron chi connectivity index (χ4n) is 3.06. The van der Waals surface area contributed by atoms with Crippen molar-refractivity contribution >= 4 is 29.7 Å². The molecule has 146 valence electrons. The predicted octanol–water partition coefficient (Wildman–Crippen LogP) is 4.76. The molecule has 2 N–H and O–H groups in total. The van der Waals surface area contributed by atoms with Crippen molar-refractivity contribution in [2.75, 3.05) is 0 Å². The van der Waals surface area contributed by atoms with Crippen molar-refractivity contribution in [1.82, 2.24) is 20.1 Å². The van der Waals surface area contributed by atoms with Crippen molar-refractivity contribution in [1.29, 1.82) is 0 Å². The van der Waals surface area contributed by atoms with Crippen molar-refractivity contribution in [3.8, 4) is 11.4 Å². The lowest BCUT2D eigenvalue weighted by molar-refractivity contribution is -0.123. The lowest BCUT2D eigenvalue weighted by Crippen LogP contribution is -2.42. The first-order chi connectivity index (χ1) is 13.2. The van der Waals surface area contributed by atoms with Crippen LogP contribution in [0.25, 0.3) is 11.4 Å². The second kappa shape index (κ2) is 7.85. The minimum atomic E-state index is -0.794. The Balaban J connectivity index is 1.84. The van der Waals surface area contributed by atoms with E-state index < -0.39 is 11.4 Å². The van der Waals surface area contributed by atoms with E-state index in [9.17, 15) is 9.18 Å². The highest BCUT2D eigenvalue weighted by Gasteiger charge is 2.26. The number of halogens is 2. The summed E-state index contributed by atoms with van der Waals surface area (Å²) in [4.78, 5) is 12.7. The summed E-state index contributed by atoms with van der Waals surface area (Å²) in [6, 6.07) is 11.9. The number of benzene rings is 2. The Hall–Kier alpha value is -2.51. The van der Waals surface area contributed by atoms with Crippen LogP contribution in [0.2, 0.25) is 5.02 Å². The van der Waals surface area contributed by atoms with Crippen LogP contribution >= 0.6 is 23.8 Å². The summed E-state index contributed by atoms with van der Waals surface area (Å²) in [5.74, 6) is -0.110. The molecule has 5 nitrogen and oxygen atoms in total. The first-order valence-corrected chi connectivity index (χ1v) is 9.45. The Kier molecular flexibility index (Phi) is 5.67. The van der Waals surface area contributed by atoms with Gasteiger partial charge in [0.15, 0.2) is 10.6 Å². The molecular formula is C20H20ClFN4OS. The molecule has 1 amide bonds. The summed E-state index contributed by atoms with van der Waals surface area (Å²) < 4.78 is 15.3. The van der Waals surface area contributed by atoms with Gasteiger partial charge in [0.25, 0.3) is 0 Å². The maximum Gasteiger partial charge on any atom is 0.240 e. The average molecular weight is 419 g/mol. The number of carbonyl (C=O) groups is 1. The van der Waals surface area contributed by atoms with E-state index in [-0.39, 0.29) is 17.5 Å². The summed E-state index contributed by atoms with van der Waals surface area (Å²) in [6.07, 6.45) is 0. The van der Waals surface area contributed by atoms with Gasteiger partial charge in [-0.25, -0.2) is 4.39 Å². The van der Waals surface area contributed by atoms with Gasteiger partial charge in [0.1, 0.15) is 12.4 Å². The largest absolute Gasteiger partial charge is 0.346 e. The molecule has 2 aromatic carbocycles. The molecular weight excluding hydrogens is 399 g/mol. The van der Waals surface area contributed by atoms with Crippen LogP contribution in [0.4, 0.5) is 4.39 Å². The lowest BCUT2D eigenvalue weighted by atomic mass is 9.94. The van der Waals surface area contributed by atoms with Crippen LogP contribution < -0.4 is 5.32 Å². The monoisotopic (exact) mass is 418 g/mol. The Morgan fingerprint density at radius 2 is 2.07 bits per heavy atom. The normalized spacial score (nSPS) is 11.5. The molecule has 1 aromatic heterocycles. The van der Waals surface area contributed by atoms with Crippen LogP contribution in [-0.4, -0.2) is 20.7 Å². The van der Waals surface area contributed by atoms with Crippen molar-refractivity contribution < 1.29 is 9.18 Å². The summed E-state index contributed by atoms with van der Waals surface area (Å²) in [5, 5.41) is 10.2. The topological polar surface area (TPSA) is 62.7 Å². The van der Waals surface area contributed by atoms with E-state index in [1.165, 1.54) is 12.1 Å². The molecule has 0 aliphatic rings. The standard InChI is InChI=1S/C20H20ClFN4OS/c1-12-5-4-6-13(9-12)18-24-25-19(28)26(18)11-17(27)23-20(2,3)15-8-7-14(22)10-16(15)21/h4-10H,11H2,1-3H3,(H,23,27)(H,25,28). The van der Waals surface area contributed by atoms with Crippen LogP contribution in [0, 0.1) is 17.5 Å². The molecule has 0 aliphatic carbocycles. The third-order valence-corrected chi connectivity index (χ3v) is 5.02. The molecule has 0 saturated heterocycles. The van der Waals surface area contributed by atoms with E-state index >= 15 is 0 Å². The highest BCUT2D eigenvalue weighted by molar-refractivity contribution is 7.71. The molecule has 3 rings (SSSR count).